The summed E-state index contributed by atoms with van der Waals surface area (Å²) in [6.07, 6.45) is -1.23. The van der Waals surface area contributed by atoms with Crippen LogP contribution in [0, 0.1) is 6.92 Å². The van der Waals surface area contributed by atoms with Crippen molar-refractivity contribution >= 4 is 17.0 Å². The molecule has 2 aliphatic rings. The average Bonchev–Trinajstić information content (AvgIpc) is 3.18. The number of aliphatic hydroxyl groups is 1. The largest absolute Gasteiger partial charge is 0.391 e. The maximum atomic E-state index is 10.0. The molecule has 10 nitrogen and oxygen atoms in total. The molecule has 10 heteroatoms. The summed E-state index contributed by atoms with van der Waals surface area (Å²) in [5.74, 6) is 0.831. The third kappa shape index (κ3) is 2.26. The molecular weight excluding hydrogens is 318 g/mol. The van der Waals surface area contributed by atoms with Gasteiger partial charge in [0.05, 0.1) is 12.4 Å². The number of methoxy groups -OCH3 is 1. The number of imidazole rings is 1. The highest BCUT2D eigenvalue weighted by Gasteiger charge is 2.55. The van der Waals surface area contributed by atoms with Crippen molar-refractivity contribution in [3.05, 3.63) is 12.2 Å². The second-order valence-electron chi connectivity index (χ2n) is 5.94. The van der Waals surface area contributed by atoms with Crippen LogP contribution in [0.5, 0.6) is 0 Å². The third-order valence-corrected chi connectivity index (χ3v) is 4.26. The highest BCUT2D eigenvalue weighted by Crippen LogP contribution is 2.41. The smallest absolute Gasteiger partial charge is 0.272 e. The van der Waals surface area contributed by atoms with Crippen LogP contribution in [0.2, 0.25) is 0 Å². The Morgan fingerprint density at radius 3 is 2.75 bits per heavy atom. The van der Waals surface area contributed by atoms with Crippen molar-refractivity contribution < 1.29 is 24.1 Å². The van der Waals surface area contributed by atoms with E-state index in [4.69, 9.17) is 24.7 Å². The molecule has 0 aliphatic carbocycles. The first-order valence-electron chi connectivity index (χ1n) is 7.63. The van der Waals surface area contributed by atoms with Crippen LogP contribution in [0.1, 0.15) is 19.0 Å². The number of nitrogens with zero attached hydrogens (tertiary/aromatic N) is 4. The number of aliphatic hydroxyl groups excluding tert-OH is 1. The van der Waals surface area contributed by atoms with Crippen molar-refractivity contribution in [1.29, 1.82) is 0 Å². The Morgan fingerprint density at radius 2 is 2.04 bits per heavy atom. The van der Waals surface area contributed by atoms with Crippen LogP contribution in [-0.2, 0) is 18.9 Å². The van der Waals surface area contributed by atoms with Crippen LogP contribution >= 0.6 is 0 Å². The van der Waals surface area contributed by atoms with Gasteiger partial charge in [-0.05, 0) is 13.8 Å². The SMILES string of the molecule is COC1O[C@@H]2[C@H](O1)[C@@H](C(C)O)O[C@H]2n1cnc2c(N)nc(C)nc21. The van der Waals surface area contributed by atoms with Crippen LogP contribution in [-0.4, -0.2) is 62.6 Å². The van der Waals surface area contributed by atoms with Gasteiger partial charge in [-0.1, -0.05) is 0 Å². The van der Waals surface area contributed by atoms with Crippen LogP contribution in [0.15, 0.2) is 6.33 Å². The van der Waals surface area contributed by atoms with E-state index >= 15 is 0 Å². The summed E-state index contributed by atoms with van der Waals surface area (Å²) in [5, 5.41) is 10.0. The van der Waals surface area contributed by atoms with Gasteiger partial charge < -0.3 is 29.8 Å². The summed E-state index contributed by atoms with van der Waals surface area (Å²) in [5.41, 5.74) is 6.94. The van der Waals surface area contributed by atoms with Crippen molar-refractivity contribution in [2.24, 2.45) is 0 Å². The fourth-order valence-corrected chi connectivity index (χ4v) is 3.21. The highest BCUT2D eigenvalue weighted by atomic mass is 16.9. The van der Waals surface area contributed by atoms with E-state index in [1.807, 2.05) is 0 Å². The van der Waals surface area contributed by atoms with Gasteiger partial charge in [-0.2, -0.15) is 0 Å². The van der Waals surface area contributed by atoms with Crippen molar-refractivity contribution in [2.75, 3.05) is 12.8 Å². The molecule has 2 saturated heterocycles. The van der Waals surface area contributed by atoms with E-state index in [-0.39, 0.29) is 0 Å². The van der Waals surface area contributed by atoms with Gasteiger partial charge in [-0.3, -0.25) is 4.57 Å². The molecular formula is C14H19N5O5. The minimum Gasteiger partial charge on any atom is -0.391 e. The molecule has 2 unspecified atom stereocenters. The van der Waals surface area contributed by atoms with Gasteiger partial charge in [-0.15, -0.1) is 0 Å². The zero-order chi connectivity index (χ0) is 17.0. The topological polar surface area (TPSA) is 127 Å². The molecule has 0 aromatic carbocycles. The Labute approximate surface area is 137 Å². The van der Waals surface area contributed by atoms with E-state index in [9.17, 15) is 5.11 Å². The van der Waals surface area contributed by atoms with E-state index < -0.39 is 37.1 Å². The molecule has 0 spiro atoms. The summed E-state index contributed by atoms with van der Waals surface area (Å²) in [7, 11) is 1.49. The lowest BCUT2D eigenvalue weighted by molar-refractivity contribution is -0.259. The molecule has 6 atom stereocenters. The quantitative estimate of drug-likeness (QED) is 0.776. The molecule has 2 aromatic rings. The molecule has 130 valence electrons. The van der Waals surface area contributed by atoms with E-state index in [1.165, 1.54) is 7.11 Å². The molecule has 3 N–H and O–H groups in total. The first kappa shape index (κ1) is 15.7. The van der Waals surface area contributed by atoms with Gasteiger partial charge in [0.1, 0.15) is 29.7 Å². The van der Waals surface area contributed by atoms with Gasteiger partial charge >= 0.3 is 0 Å². The Hall–Kier alpha value is -1.85. The number of anilines is 1. The molecule has 0 bridgehead atoms. The highest BCUT2D eigenvalue weighted by molar-refractivity contribution is 5.81. The van der Waals surface area contributed by atoms with Crippen molar-refractivity contribution in [3.63, 3.8) is 0 Å². The molecule has 4 heterocycles. The fourth-order valence-electron chi connectivity index (χ4n) is 3.21. The summed E-state index contributed by atoms with van der Waals surface area (Å²) < 4.78 is 24.3. The average molecular weight is 337 g/mol. The minimum absolute atomic E-state index is 0.302. The number of nitrogen functional groups attached to an aromatic ring is 1. The zero-order valence-corrected chi connectivity index (χ0v) is 13.5. The van der Waals surface area contributed by atoms with Crippen LogP contribution < -0.4 is 5.73 Å². The molecule has 0 saturated carbocycles. The minimum atomic E-state index is -0.802. The van der Waals surface area contributed by atoms with Gasteiger partial charge in [-0.25, -0.2) is 15.0 Å². The first-order chi connectivity index (χ1) is 11.5. The summed E-state index contributed by atoms with van der Waals surface area (Å²) in [6, 6.07) is 0. The molecule has 2 aromatic heterocycles. The molecule has 2 fully saturated rings. The standard InChI is InChI=1S/C14H19N5O5/c1-5(20)8-9-10(24-14(21-3)23-9)13(22-8)19-4-16-7-11(15)17-6(2)18-12(7)19/h4-5,8-10,13-14,20H,1-3H3,(H2,15,17,18)/t5?,8-,9-,10-,13-,14?/m1/s1. The Bertz CT molecular complexity index is 765. The maximum Gasteiger partial charge on any atom is 0.272 e. The number of rotatable bonds is 3. The molecule has 2 aliphatic heterocycles. The fraction of sp³-hybridized carbons (Fsp3) is 0.643. The number of aryl methyl sites for hydroxylation is 1. The van der Waals surface area contributed by atoms with Crippen LogP contribution in [0.25, 0.3) is 11.2 Å². The van der Waals surface area contributed by atoms with E-state index in [1.54, 1.807) is 24.7 Å². The first-order valence-corrected chi connectivity index (χ1v) is 7.63. The number of fused-ring (bicyclic) bond motifs is 2. The summed E-state index contributed by atoms with van der Waals surface area (Å²) >= 11 is 0. The van der Waals surface area contributed by atoms with Gasteiger partial charge in [0, 0.05) is 7.11 Å². The van der Waals surface area contributed by atoms with E-state index in [2.05, 4.69) is 15.0 Å². The molecule has 4 rings (SSSR count). The van der Waals surface area contributed by atoms with Crippen molar-refractivity contribution in [2.45, 2.75) is 51.0 Å². The van der Waals surface area contributed by atoms with Gasteiger partial charge in [0.2, 0.25) is 0 Å². The monoisotopic (exact) mass is 337 g/mol. The maximum absolute atomic E-state index is 10.0. The van der Waals surface area contributed by atoms with E-state index in [0.29, 0.717) is 22.8 Å². The number of hydrogen-bond donors (Lipinski definition) is 2. The van der Waals surface area contributed by atoms with Gasteiger partial charge in [0.15, 0.2) is 17.7 Å². The third-order valence-electron chi connectivity index (χ3n) is 4.26. The lowest BCUT2D eigenvalue weighted by atomic mass is 10.1. The Balaban J connectivity index is 1.76. The Morgan fingerprint density at radius 1 is 1.29 bits per heavy atom. The number of ether oxygens (including phenoxy) is 4. The lowest BCUT2D eigenvalue weighted by Gasteiger charge is -2.21. The summed E-state index contributed by atoms with van der Waals surface area (Å²) in [6.45, 7) is 2.59. The number of aromatic nitrogens is 4. The Kier molecular flexibility index (Phi) is 3.66. The second-order valence-corrected chi connectivity index (χ2v) is 5.94. The second kappa shape index (κ2) is 5.60. The van der Waals surface area contributed by atoms with Gasteiger partial charge in [0.25, 0.3) is 6.48 Å². The number of hydrogen-bond acceptors (Lipinski definition) is 9. The van der Waals surface area contributed by atoms with E-state index in [0.717, 1.165) is 0 Å². The summed E-state index contributed by atoms with van der Waals surface area (Å²) in [4.78, 5) is 12.8. The van der Waals surface area contributed by atoms with Crippen molar-refractivity contribution in [1.82, 2.24) is 19.5 Å². The van der Waals surface area contributed by atoms with Crippen LogP contribution in [0.3, 0.4) is 0 Å². The molecule has 24 heavy (non-hydrogen) atoms. The van der Waals surface area contributed by atoms with Crippen LogP contribution in [0.4, 0.5) is 5.82 Å². The molecule has 0 amide bonds. The normalized spacial score (nSPS) is 33.9. The predicted molar refractivity (Wildman–Crippen MR) is 80.6 cm³/mol. The van der Waals surface area contributed by atoms with Crippen molar-refractivity contribution in [3.8, 4) is 0 Å². The predicted octanol–water partition coefficient (Wildman–Crippen LogP) is -0.291. The number of nitrogens with two attached hydrogens (primary N) is 1. The molecule has 0 radical (unpaired) electrons. The zero-order valence-electron chi connectivity index (χ0n) is 13.5. The lowest BCUT2D eigenvalue weighted by Crippen LogP contribution is -2.36.